The molecule has 0 spiro atoms. The number of carbonyl (C=O) groups excluding carboxylic acids is 1. The monoisotopic (exact) mass is 257 g/mol. The fourth-order valence-electron chi connectivity index (χ4n) is 1.32. The van der Waals surface area contributed by atoms with E-state index in [0.29, 0.717) is 6.42 Å². The zero-order valence-electron chi connectivity index (χ0n) is 9.64. The Morgan fingerprint density at radius 1 is 1.59 bits per heavy atom. The number of thiazole rings is 1. The smallest absolute Gasteiger partial charge is 0.326 e. The molecule has 6 nitrogen and oxygen atoms in total. The third-order valence-corrected chi connectivity index (χ3v) is 2.74. The van der Waals surface area contributed by atoms with Crippen LogP contribution in [0.1, 0.15) is 30.8 Å². The van der Waals surface area contributed by atoms with Gasteiger partial charge in [0, 0.05) is 5.38 Å². The highest BCUT2D eigenvalue weighted by atomic mass is 32.1. The van der Waals surface area contributed by atoms with Crippen molar-refractivity contribution in [2.75, 3.05) is 5.73 Å². The van der Waals surface area contributed by atoms with E-state index >= 15 is 0 Å². The molecule has 0 aliphatic heterocycles. The second kappa shape index (κ2) is 5.62. The van der Waals surface area contributed by atoms with Crippen LogP contribution in [0.15, 0.2) is 5.38 Å². The van der Waals surface area contributed by atoms with Gasteiger partial charge in [0.05, 0.1) is 0 Å². The summed E-state index contributed by atoms with van der Waals surface area (Å²) < 4.78 is 0. The molecule has 1 aromatic heterocycles. The van der Waals surface area contributed by atoms with E-state index < -0.39 is 17.9 Å². The van der Waals surface area contributed by atoms with Crippen molar-refractivity contribution in [1.29, 1.82) is 0 Å². The van der Waals surface area contributed by atoms with Gasteiger partial charge in [0.1, 0.15) is 11.7 Å². The summed E-state index contributed by atoms with van der Waals surface area (Å²) in [6.45, 7) is 3.78. The molecule has 0 saturated carbocycles. The van der Waals surface area contributed by atoms with Gasteiger partial charge >= 0.3 is 5.97 Å². The molecule has 4 N–H and O–H groups in total. The Hall–Kier alpha value is -1.63. The van der Waals surface area contributed by atoms with Gasteiger partial charge in [-0.2, -0.15) is 0 Å². The molecule has 0 fully saturated rings. The summed E-state index contributed by atoms with van der Waals surface area (Å²) in [6.07, 6.45) is 0.376. The summed E-state index contributed by atoms with van der Waals surface area (Å²) in [5, 5.41) is 13.2. The number of nitrogens with zero attached hydrogens (tertiary/aromatic N) is 1. The van der Waals surface area contributed by atoms with Gasteiger partial charge in [-0.3, -0.25) is 4.79 Å². The lowest BCUT2D eigenvalue weighted by atomic mass is 10.0. The highest BCUT2D eigenvalue weighted by Gasteiger charge is 2.22. The summed E-state index contributed by atoms with van der Waals surface area (Å²) in [7, 11) is 0. The number of carboxylic acid groups (broad SMARTS) is 1. The van der Waals surface area contributed by atoms with Crippen molar-refractivity contribution in [1.82, 2.24) is 10.3 Å². The topological polar surface area (TPSA) is 105 Å². The van der Waals surface area contributed by atoms with E-state index in [1.54, 1.807) is 0 Å². The van der Waals surface area contributed by atoms with Crippen LogP contribution in [0.2, 0.25) is 0 Å². The van der Waals surface area contributed by atoms with E-state index in [0.717, 1.165) is 11.3 Å². The minimum absolute atomic E-state index is 0.155. The van der Waals surface area contributed by atoms with Crippen molar-refractivity contribution >= 4 is 28.3 Å². The Morgan fingerprint density at radius 2 is 2.24 bits per heavy atom. The molecule has 0 unspecified atom stereocenters. The second-order valence-corrected chi connectivity index (χ2v) is 4.95. The van der Waals surface area contributed by atoms with E-state index in [1.165, 1.54) is 5.38 Å². The van der Waals surface area contributed by atoms with E-state index in [-0.39, 0.29) is 16.7 Å². The van der Waals surface area contributed by atoms with Crippen LogP contribution in [0.4, 0.5) is 5.13 Å². The largest absolute Gasteiger partial charge is 0.480 e. The molecule has 0 saturated heterocycles. The number of carbonyl (C=O) groups is 2. The average Bonchev–Trinajstić information content (AvgIpc) is 2.63. The van der Waals surface area contributed by atoms with Gasteiger partial charge in [0.15, 0.2) is 5.13 Å². The second-order valence-electron chi connectivity index (χ2n) is 4.06. The Labute approximate surface area is 103 Å². The normalized spacial score (nSPS) is 12.4. The minimum Gasteiger partial charge on any atom is -0.480 e. The molecule has 1 rings (SSSR count). The van der Waals surface area contributed by atoms with Crippen molar-refractivity contribution in [2.45, 2.75) is 26.3 Å². The minimum atomic E-state index is -1.05. The summed E-state index contributed by atoms with van der Waals surface area (Å²) in [5.74, 6) is -1.38. The molecule has 17 heavy (non-hydrogen) atoms. The molecule has 0 radical (unpaired) electrons. The third-order valence-electron chi connectivity index (χ3n) is 2.07. The first-order valence-corrected chi connectivity index (χ1v) is 6.02. The first-order chi connectivity index (χ1) is 7.90. The number of nitrogen functional groups attached to an aromatic ring is 1. The predicted molar refractivity (Wildman–Crippen MR) is 64.9 cm³/mol. The quantitative estimate of drug-likeness (QED) is 0.728. The number of aromatic nitrogens is 1. The summed E-state index contributed by atoms with van der Waals surface area (Å²) in [5.41, 5.74) is 5.55. The summed E-state index contributed by atoms with van der Waals surface area (Å²) in [4.78, 5) is 26.4. The molecule has 0 aliphatic carbocycles. The van der Waals surface area contributed by atoms with E-state index in [1.807, 2.05) is 13.8 Å². The molecular formula is C10H15N3O3S. The number of amides is 1. The maximum Gasteiger partial charge on any atom is 0.326 e. The lowest BCUT2D eigenvalue weighted by Gasteiger charge is -2.15. The number of nitrogens with two attached hydrogens (primary N) is 1. The molecule has 1 amide bonds. The molecular weight excluding hydrogens is 242 g/mol. The van der Waals surface area contributed by atoms with Crippen LogP contribution >= 0.6 is 11.3 Å². The summed E-state index contributed by atoms with van der Waals surface area (Å²) in [6, 6.07) is -0.898. The van der Waals surface area contributed by atoms with Gasteiger partial charge in [-0.25, -0.2) is 9.78 Å². The number of carboxylic acids is 1. The van der Waals surface area contributed by atoms with Crippen molar-refractivity contribution in [2.24, 2.45) is 5.92 Å². The summed E-state index contributed by atoms with van der Waals surface area (Å²) >= 11 is 1.14. The molecule has 7 heteroatoms. The van der Waals surface area contributed by atoms with Gasteiger partial charge in [0.2, 0.25) is 0 Å². The van der Waals surface area contributed by atoms with Gasteiger partial charge < -0.3 is 16.2 Å². The van der Waals surface area contributed by atoms with E-state index in [2.05, 4.69) is 10.3 Å². The lowest BCUT2D eigenvalue weighted by Crippen LogP contribution is -2.41. The number of rotatable bonds is 5. The van der Waals surface area contributed by atoms with Crippen LogP contribution in [-0.2, 0) is 4.79 Å². The molecule has 1 heterocycles. The highest BCUT2D eigenvalue weighted by Crippen LogP contribution is 2.12. The number of aliphatic carboxylic acids is 1. The zero-order chi connectivity index (χ0) is 13.0. The van der Waals surface area contributed by atoms with Crippen molar-refractivity contribution in [3.8, 4) is 0 Å². The third kappa shape index (κ3) is 4.03. The fraction of sp³-hybridized carbons (Fsp3) is 0.500. The van der Waals surface area contributed by atoms with Crippen LogP contribution < -0.4 is 11.1 Å². The average molecular weight is 257 g/mol. The number of nitrogens with one attached hydrogen (secondary N) is 1. The molecule has 0 bridgehead atoms. The van der Waals surface area contributed by atoms with Gasteiger partial charge in [0.25, 0.3) is 5.91 Å². The predicted octanol–water partition coefficient (Wildman–Crippen LogP) is 0.954. The number of anilines is 1. The Balaban J connectivity index is 2.67. The fourth-order valence-corrected chi connectivity index (χ4v) is 1.86. The van der Waals surface area contributed by atoms with Gasteiger partial charge in [-0.15, -0.1) is 11.3 Å². The lowest BCUT2D eigenvalue weighted by molar-refractivity contribution is -0.139. The highest BCUT2D eigenvalue weighted by molar-refractivity contribution is 7.13. The maximum atomic E-state index is 11.7. The number of hydrogen-bond donors (Lipinski definition) is 3. The van der Waals surface area contributed by atoms with Crippen molar-refractivity contribution in [3.05, 3.63) is 11.1 Å². The molecule has 94 valence electrons. The first kappa shape index (κ1) is 13.4. The Morgan fingerprint density at radius 3 is 2.65 bits per heavy atom. The van der Waals surface area contributed by atoms with Crippen LogP contribution in [0.3, 0.4) is 0 Å². The van der Waals surface area contributed by atoms with Crippen LogP contribution in [-0.4, -0.2) is 28.0 Å². The molecule has 0 aromatic carbocycles. The Kier molecular flexibility index (Phi) is 4.45. The van der Waals surface area contributed by atoms with Gasteiger partial charge in [-0.05, 0) is 12.3 Å². The maximum absolute atomic E-state index is 11.7. The Bertz CT molecular complexity index is 417. The van der Waals surface area contributed by atoms with Gasteiger partial charge in [-0.1, -0.05) is 13.8 Å². The van der Waals surface area contributed by atoms with Crippen molar-refractivity contribution in [3.63, 3.8) is 0 Å². The van der Waals surface area contributed by atoms with Crippen LogP contribution in [0.25, 0.3) is 0 Å². The van der Waals surface area contributed by atoms with Crippen LogP contribution in [0.5, 0.6) is 0 Å². The standard InChI is InChI=1S/C10H15N3O3S/c1-5(2)3-6(9(15)16)12-8(14)7-4-17-10(11)13-7/h4-6H,3H2,1-2H3,(H2,11,13)(H,12,14)(H,15,16)/t6-/m0/s1. The van der Waals surface area contributed by atoms with E-state index in [4.69, 9.17) is 10.8 Å². The molecule has 1 atom stereocenters. The first-order valence-electron chi connectivity index (χ1n) is 5.14. The molecule has 0 aliphatic rings. The van der Waals surface area contributed by atoms with Crippen molar-refractivity contribution < 1.29 is 14.7 Å². The zero-order valence-corrected chi connectivity index (χ0v) is 10.5. The van der Waals surface area contributed by atoms with E-state index in [9.17, 15) is 9.59 Å². The van der Waals surface area contributed by atoms with Crippen LogP contribution in [0, 0.1) is 5.92 Å². The SMILES string of the molecule is CC(C)C[C@H](NC(=O)c1csc(N)n1)C(=O)O. The number of hydrogen-bond acceptors (Lipinski definition) is 5. The molecule has 1 aromatic rings.